The molecule has 1 aromatic carbocycles. The molecule has 2 unspecified atom stereocenters. The summed E-state index contributed by atoms with van der Waals surface area (Å²) in [6, 6.07) is 4.80. The topological polar surface area (TPSA) is 32.3 Å². The normalized spacial score (nSPS) is 34.8. The fraction of sp³-hybridized carbons (Fsp3) is 0.571. The highest BCUT2D eigenvalue weighted by atomic mass is 19.2. The molecule has 18 heavy (non-hydrogen) atoms. The number of piperidine rings is 1. The Balaban J connectivity index is 1.81. The molecule has 2 fully saturated rings. The minimum Gasteiger partial charge on any atom is -0.389 e. The molecular formula is C14H17F2NO. The fourth-order valence-corrected chi connectivity index (χ4v) is 3.41. The van der Waals surface area contributed by atoms with Crippen LogP contribution in [-0.4, -0.2) is 22.8 Å². The third kappa shape index (κ3) is 2.15. The van der Waals surface area contributed by atoms with Crippen molar-refractivity contribution in [1.29, 1.82) is 0 Å². The van der Waals surface area contributed by atoms with E-state index in [2.05, 4.69) is 5.32 Å². The molecular weight excluding hydrogens is 236 g/mol. The highest BCUT2D eigenvalue weighted by Gasteiger charge is 2.42. The summed E-state index contributed by atoms with van der Waals surface area (Å²) in [4.78, 5) is 0. The molecule has 2 bridgehead atoms. The third-order valence-corrected chi connectivity index (χ3v) is 4.14. The van der Waals surface area contributed by atoms with Crippen molar-refractivity contribution in [2.24, 2.45) is 0 Å². The van der Waals surface area contributed by atoms with Crippen molar-refractivity contribution in [1.82, 2.24) is 5.32 Å². The zero-order valence-corrected chi connectivity index (χ0v) is 10.1. The van der Waals surface area contributed by atoms with Gasteiger partial charge in [-0.3, -0.25) is 0 Å². The molecule has 0 aromatic heterocycles. The lowest BCUT2D eigenvalue weighted by Crippen LogP contribution is -2.49. The van der Waals surface area contributed by atoms with Gasteiger partial charge in [-0.05, 0) is 37.3 Å². The lowest BCUT2D eigenvalue weighted by Gasteiger charge is -2.37. The quantitative estimate of drug-likeness (QED) is 0.846. The van der Waals surface area contributed by atoms with Crippen molar-refractivity contribution >= 4 is 0 Å². The first-order valence-corrected chi connectivity index (χ1v) is 6.47. The molecule has 0 saturated carbocycles. The first-order chi connectivity index (χ1) is 8.56. The van der Waals surface area contributed by atoms with Crippen LogP contribution in [0.1, 0.15) is 31.2 Å². The number of hydrogen-bond acceptors (Lipinski definition) is 2. The molecule has 2 atom stereocenters. The molecule has 0 aliphatic carbocycles. The average molecular weight is 253 g/mol. The molecule has 2 aliphatic rings. The minimum absolute atomic E-state index is 0.200. The summed E-state index contributed by atoms with van der Waals surface area (Å²) in [6.07, 6.45) is 3.58. The van der Waals surface area contributed by atoms with Crippen LogP contribution in [0.15, 0.2) is 18.2 Å². The maximum absolute atomic E-state index is 13.6. The van der Waals surface area contributed by atoms with Crippen LogP contribution in [0.5, 0.6) is 0 Å². The summed E-state index contributed by atoms with van der Waals surface area (Å²) in [5.41, 5.74) is -0.620. The van der Waals surface area contributed by atoms with Crippen LogP contribution in [-0.2, 0) is 6.42 Å². The van der Waals surface area contributed by atoms with Gasteiger partial charge in [-0.1, -0.05) is 12.1 Å². The summed E-state index contributed by atoms with van der Waals surface area (Å²) in [5, 5.41) is 14.0. The largest absolute Gasteiger partial charge is 0.389 e. The van der Waals surface area contributed by atoms with E-state index in [1.54, 1.807) is 6.07 Å². The van der Waals surface area contributed by atoms with Gasteiger partial charge in [-0.15, -0.1) is 0 Å². The van der Waals surface area contributed by atoms with E-state index in [1.165, 1.54) is 6.07 Å². The number of aliphatic hydroxyl groups is 1. The first-order valence-electron chi connectivity index (χ1n) is 6.47. The van der Waals surface area contributed by atoms with Crippen LogP contribution in [0, 0.1) is 11.6 Å². The third-order valence-electron chi connectivity index (χ3n) is 4.14. The summed E-state index contributed by atoms with van der Waals surface area (Å²) < 4.78 is 26.8. The number of halogens is 2. The Bertz CT molecular complexity index is 451. The Morgan fingerprint density at radius 2 is 1.89 bits per heavy atom. The second-order valence-corrected chi connectivity index (χ2v) is 5.66. The molecule has 2 nitrogen and oxygen atoms in total. The highest BCUT2D eigenvalue weighted by Crippen LogP contribution is 2.36. The van der Waals surface area contributed by atoms with Gasteiger partial charge in [0.05, 0.1) is 5.60 Å². The van der Waals surface area contributed by atoms with E-state index < -0.39 is 17.2 Å². The average Bonchev–Trinajstić information content (AvgIpc) is 2.65. The lowest BCUT2D eigenvalue weighted by molar-refractivity contribution is -0.00682. The maximum Gasteiger partial charge on any atom is 0.162 e. The number of hydrogen-bond donors (Lipinski definition) is 2. The number of rotatable bonds is 2. The van der Waals surface area contributed by atoms with Gasteiger partial charge in [0.1, 0.15) is 0 Å². The Kier molecular flexibility index (Phi) is 2.87. The van der Waals surface area contributed by atoms with E-state index >= 15 is 0 Å². The minimum atomic E-state index is -0.897. The van der Waals surface area contributed by atoms with Gasteiger partial charge in [-0.2, -0.15) is 0 Å². The van der Waals surface area contributed by atoms with E-state index in [4.69, 9.17) is 0 Å². The Morgan fingerprint density at radius 3 is 2.56 bits per heavy atom. The van der Waals surface area contributed by atoms with Crippen molar-refractivity contribution in [3.05, 3.63) is 35.4 Å². The van der Waals surface area contributed by atoms with Crippen molar-refractivity contribution in [3.63, 3.8) is 0 Å². The monoisotopic (exact) mass is 253 g/mol. The van der Waals surface area contributed by atoms with E-state index in [0.29, 0.717) is 24.9 Å². The SMILES string of the molecule is OC1(Cc2cccc(F)c2F)CC2CCC(C1)N2. The van der Waals surface area contributed by atoms with Gasteiger partial charge in [0.15, 0.2) is 11.6 Å². The van der Waals surface area contributed by atoms with Crippen LogP contribution in [0.3, 0.4) is 0 Å². The fourth-order valence-electron chi connectivity index (χ4n) is 3.41. The molecule has 2 saturated heterocycles. The van der Waals surface area contributed by atoms with Gasteiger partial charge in [0.25, 0.3) is 0 Å². The summed E-state index contributed by atoms with van der Waals surface area (Å²) in [7, 11) is 0. The highest BCUT2D eigenvalue weighted by molar-refractivity contribution is 5.22. The molecule has 0 spiro atoms. The van der Waals surface area contributed by atoms with E-state index in [9.17, 15) is 13.9 Å². The van der Waals surface area contributed by atoms with E-state index in [-0.39, 0.29) is 12.0 Å². The molecule has 1 aromatic rings. The zero-order chi connectivity index (χ0) is 12.8. The van der Waals surface area contributed by atoms with Crippen LogP contribution < -0.4 is 5.32 Å². The van der Waals surface area contributed by atoms with Crippen molar-refractivity contribution in [2.45, 2.75) is 49.8 Å². The summed E-state index contributed by atoms with van der Waals surface area (Å²) in [5.74, 6) is -1.66. The number of nitrogens with one attached hydrogen (secondary N) is 1. The van der Waals surface area contributed by atoms with Crippen molar-refractivity contribution in [2.75, 3.05) is 0 Å². The Hall–Kier alpha value is -1.00. The van der Waals surface area contributed by atoms with E-state index in [0.717, 1.165) is 18.9 Å². The molecule has 98 valence electrons. The Labute approximate surface area is 105 Å². The second-order valence-electron chi connectivity index (χ2n) is 5.66. The van der Waals surface area contributed by atoms with Crippen LogP contribution in [0.4, 0.5) is 8.78 Å². The van der Waals surface area contributed by atoms with Crippen LogP contribution in [0.25, 0.3) is 0 Å². The second kappa shape index (κ2) is 4.28. The van der Waals surface area contributed by atoms with Gasteiger partial charge in [-0.25, -0.2) is 8.78 Å². The van der Waals surface area contributed by atoms with Crippen molar-refractivity contribution in [3.8, 4) is 0 Å². The van der Waals surface area contributed by atoms with Gasteiger partial charge in [0.2, 0.25) is 0 Å². The van der Waals surface area contributed by atoms with E-state index in [1.807, 2.05) is 0 Å². The molecule has 0 radical (unpaired) electrons. The predicted molar refractivity (Wildman–Crippen MR) is 64.2 cm³/mol. The molecule has 2 aliphatic heterocycles. The molecule has 3 rings (SSSR count). The van der Waals surface area contributed by atoms with Gasteiger partial charge >= 0.3 is 0 Å². The Morgan fingerprint density at radius 1 is 1.22 bits per heavy atom. The van der Waals surface area contributed by atoms with Gasteiger partial charge in [0, 0.05) is 18.5 Å². The number of benzene rings is 1. The molecule has 0 amide bonds. The van der Waals surface area contributed by atoms with Crippen molar-refractivity contribution < 1.29 is 13.9 Å². The molecule has 4 heteroatoms. The standard InChI is InChI=1S/C14H17F2NO/c15-12-3-1-2-9(13(12)16)6-14(18)7-10-4-5-11(8-14)17-10/h1-3,10-11,17-18H,4-8H2. The molecule has 2 N–H and O–H groups in total. The summed E-state index contributed by atoms with van der Waals surface area (Å²) in [6.45, 7) is 0. The lowest BCUT2D eigenvalue weighted by atomic mass is 9.82. The molecule has 2 heterocycles. The van der Waals surface area contributed by atoms with Gasteiger partial charge < -0.3 is 10.4 Å². The smallest absolute Gasteiger partial charge is 0.162 e. The number of fused-ring (bicyclic) bond motifs is 2. The summed E-state index contributed by atoms with van der Waals surface area (Å²) >= 11 is 0. The predicted octanol–water partition coefficient (Wildman–Crippen LogP) is 2.15. The first kappa shape index (κ1) is 12.1. The zero-order valence-electron chi connectivity index (χ0n) is 10.1. The maximum atomic E-state index is 13.6. The van der Waals surface area contributed by atoms with Crippen LogP contribution >= 0.6 is 0 Å². The van der Waals surface area contributed by atoms with Crippen LogP contribution in [0.2, 0.25) is 0 Å².